The summed E-state index contributed by atoms with van der Waals surface area (Å²) in [6.07, 6.45) is 6.22. The summed E-state index contributed by atoms with van der Waals surface area (Å²) < 4.78 is 9.32. The monoisotopic (exact) mass is 1180 g/mol. The topological polar surface area (TPSA) is 33.5 Å². The fourth-order valence-corrected chi connectivity index (χ4v) is 10.7. The molecule has 0 saturated heterocycles. The molecular weight excluding hydrogens is 1110 g/mol. The van der Waals surface area contributed by atoms with Crippen molar-refractivity contribution in [1.82, 2.24) is 9.55 Å². The number of hydrogen-bond donors (Lipinski definition) is 0. The first-order chi connectivity index (χ1) is 35.6. The van der Waals surface area contributed by atoms with Gasteiger partial charge in [-0.05, 0) is 121 Å². The van der Waals surface area contributed by atoms with Crippen LogP contribution in [0.25, 0.3) is 38.8 Å². The number of fused-ring (bicyclic) bond motifs is 3. The maximum atomic E-state index is 7.07. The summed E-state index contributed by atoms with van der Waals surface area (Å²) in [5.74, 6) is 2.66. The maximum Gasteiger partial charge on any atom is 0.135 e. The molecule has 0 amide bonds. The van der Waals surface area contributed by atoms with Crippen LogP contribution < -0.4 is 14.5 Å². The zero-order chi connectivity index (χ0) is 53.2. The van der Waals surface area contributed by atoms with Crippen LogP contribution in [0.15, 0.2) is 170 Å². The van der Waals surface area contributed by atoms with Gasteiger partial charge in [-0.2, -0.15) is 6.07 Å². The molecule has 0 bridgehead atoms. The van der Waals surface area contributed by atoms with Gasteiger partial charge in [0.15, 0.2) is 0 Å². The first-order valence-electron chi connectivity index (χ1n) is 26.8. The summed E-state index contributed by atoms with van der Waals surface area (Å²) in [6, 6.07) is 63.0. The first-order valence-corrected chi connectivity index (χ1v) is 26.8. The van der Waals surface area contributed by atoms with Gasteiger partial charge in [0.2, 0.25) is 0 Å². The van der Waals surface area contributed by atoms with Crippen molar-refractivity contribution in [3.63, 3.8) is 0 Å². The summed E-state index contributed by atoms with van der Waals surface area (Å²) in [6.45, 7) is 34.2. The normalized spacial score (nSPS) is 13.4. The van der Waals surface area contributed by atoms with E-state index in [0.717, 1.165) is 44.6 Å². The van der Waals surface area contributed by atoms with E-state index in [1.54, 1.807) is 0 Å². The Morgan fingerprint density at radius 1 is 0.500 bits per heavy atom. The predicted molar refractivity (Wildman–Crippen MR) is 316 cm³/mol. The Hall–Kier alpha value is -6.68. The average Bonchev–Trinajstić information content (AvgIpc) is 4.02. The number of hydrogen-bond acceptors (Lipinski definition) is 4. The molecule has 1 aliphatic heterocycles. The van der Waals surface area contributed by atoms with Crippen LogP contribution in [0.2, 0.25) is 0 Å². The predicted octanol–water partition coefficient (Wildman–Crippen LogP) is 18.6. The molecule has 0 N–H and O–H groups in total. The maximum absolute atomic E-state index is 7.07. The van der Waals surface area contributed by atoms with Crippen LogP contribution in [-0.2, 0) is 42.7 Å². The third-order valence-corrected chi connectivity index (χ3v) is 15.6. The molecule has 392 valence electrons. The zero-order valence-electron chi connectivity index (χ0n) is 46.9. The molecule has 0 atom stereocenters. The van der Waals surface area contributed by atoms with E-state index in [1.165, 1.54) is 50.1 Å². The molecule has 10 rings (SSSR count). The van der Waals surface area contributed by atoms with Crippen molar-refractivity contribution in [2.24, 2.45) is 0 Å². The Kier molecular flexibility index (Phi) is 14.7. The Morgan fingerprint density at radius 2 is 1.08 bits per heavy atom. The molecule has 0 fully saturated rings. The minimum Gasteiger partial charge on any atom is -0.509 e. The molecule has 7 aromatic carbocycles. The second kappa shape index (κ2) is 20.7. The van der Waals surface area contributed by atoms with Crippen molar-refractivity contribution in [3.8, 4) is 28.4 Å². The fraction of sp³-hybridized carbons (Fsp3) is 0.286. The molecule has 0 aliphatic carbocycles. The van der Waals surface area contributed by atoms with Crippen LogP contribution in [-0.4, -0.2) is 9.55 Å². The van der Waals surface area contributed by atoms with Gasteiger partial charge in [0.05, 0.1) is 0 Å². The third-order valence-electron chi connectivity index (χ3n) is 15.6. The standard InChI is InChI=1S/C70H73N4O.Pt/c1-46(2)59-26-21-27-60(47(3)4)66(59)48-36-55(72-34-35-73(45-72)56-39-53(69(11,12)49-22-17-15-18-23-49)38-54(40-56)70(13,14)50-24-19-16-20-25-50)43-58(37-48)75-57-29-30-61-62-41-51(67(5,6)7)28-31-63(62)74(64(61)44-57)65-42-52(32-33-71-65)68(8,9)10;/h15-42,45-47H,1-14H3;/q-3;. The number of aromatic nitrogens is 2. The Balaban J connectivity index is 0.00000706. The third kappa shape index (κ3) is 10.5. The number of nitrogens with zero attached hydrogens (tertiary/aromatic N) is 4. The molecule has 0 radical (unpaired) electrons. The second-order valence-electron chi connectivity index (χ2n) is 24.4. The van der Waals surface area contributed by atoms with E-state index in [4.69, 9.17) is 9.72 Å². The molecule has 76 heavy (non-hydrogen) atoms. The van der Waals surface area contributed by atoms with Crippen molar-refractivity contribution in [2.45, 2.75) is 130 Å². The van der Waals surface area contributed by atoms with E-state index in [2.05, 4.69) is 294 Å². The average molecular weight is 1180 g/mol. The van der Waals surface area contributed by atoms with Crippen molar-refractivity contribution in [2.75, 3.05) is 9.80 Å². The van der Waals surface area contributed by atoms with E-state index in [9.17, 15) is 0 Å². The Bertz CT molecular complexity index is 3490. The van der Waals surface area contributed by atoms with Gasteiger partial charge in [-0.15, -0.1) is 53.6 Å². The second-order valence-corrected chi connectivity index (χ2v) is 24.4. The number of pyridine rings is 1. The van der Waals surface area contributed by atoms with Gasteiger partial charge in [-0.1, -0.05) is 200 Å². The van der Waals surface area contributed by atoms with Crippen LogP contribution in [0.3, 0.4) is 0 Å². The summed E-state index contributed by atoms with van der Waals surface area (Å²) in [5.41, 5.74) is 15.8. The number of anilines is 2. The van der Waals surface area contributed by atoms with E-state index in [1.807, 2.05) is 6.20 Å². The summed E-state index contributed by atoms with van der Waals surface area (Å²) in [4.78, 5) is 9.41. The summed E-state index contributed by atoms with van der Waals surface area (Å²) in [5, 5.41) is 2.26. The molecule has 6 heteroatoms. The largest absolute Gasteiger partial charge is 0.509 e. The number of ether oxygens (including phenoxy) is 1. The Labute approximate surface area is 467 Å². The van der Waals surface area contributed by atoms with Gasteiger partial charge in [0.25, 0.3) is 0 Å². The summed E-state index contributed by atoms with van der Waals surface area (Å²) >= 11 is 0. The number of benzene rings is 7. The molecule has 0 spiro atoms. The first kappa shape index (κ1) is 54.1. The van der Waals surface area contributed by atoms with Crippen molar-refractivity contribution < 1.29 is 25.8 Å². The molecule has 2 aromatic heterocycles. The SMILES string of the molecule is CC(C)c1cccc(C(C)C)c1-c1cc(Oc2[c-]c3c(cc2)c2cc(C(C)(C)C)ccc2n3-c2cc(C(C)(C)C)ccn2)[c-]c(N2C=CN(c3cc(C(C)(C)c4ccccc4)cc(C(C)(C)c4ccccc4)c3)[CH-]2)c1.[Pt]. The molecule has 5 nitrogen and oxygen atoms in total. The van der Waals surface area contributed by atoms with Crippen LogP contribution in [0.5, 0.6) is 11.5 Å². The fourth-order valence-electron chi connectivity index (χ4n) is 10.7. The van der Waals surface area contributed by atoms with E-state index >= 15 is 0 Å². The molecule has 9 aromatic rings. The van der Waals surface area contributed by atoms with Gasteiger partial charge < -0.3 is 19.1 Å². The van der Waals surface area contributed by atoms with Crippen LogP contribution in [0.4, 0.5) is 11.4 Å². The van der Waals surface area contributed by atoms with Crippen molar-refractivity contribution in [3.05, 3.63) is 234 Å². The van der Waals surface area contributed by atoms with Gasteiger partial charge in [0.1, 0.15) is 5.82 Å². The van der Waals surface area contributed by atoms with Gasteiger partial charge in [-0.25, -0.2) is 4.98 Å². The summed E-state index contributed by atoms with van der Waals surface area (Å²) in [7, 11) is 0. The minimum atomic E-state index is -0.259. The van der Waals surface area contributed by atoms with E-state index in [-0.39, 0.29) is 42.7 Å². The molecule has 0 saturated carbocycles. The molecular formula is C70H73N4OPt-3. The van der Waals surface area contributed by atoms with Crippen molar-refractivity contribution >= 4 is 33.2 Å². The van der Waals surface area contributed by atoms with Crippen LogP contribution in [0.1, 0.15) is 153 Å². The van der Waals surface area contributed by atoms with E-state index < -0.39 is 0 Å². The van der Waals surface area contributed by atoms with E-state index in [0.29, 0.717) is 23.3 Å². The molecule has 1 aliphatic rings. The zero-order valence-corrected chi connectivity index (χ0v) is 49.2. The van der Waals surface area contributed by atoms with Crippen molar-refractivity contribution in [1.29, 1.82) is 0 Å². The smallest absolute Gasteiger partial charge is 0.135 e. The minimum absolute atomic E-state index is 0. The van der Waals surface area contributed by atoms with Gasteiger partial charge in [0, 0.05) is 60.8 Å². The van der Waals surface area contributed by atoms with Crippen LogP contribution in [0, 0.1) is 18.8 Å². The van der Waals surface area contributed by atoms with Crippen LogP contribution >= 0.6 is 0 Å². The molecule has 0 unspecified atom stereocenters. The quantitative estimate of drug-likeness (QED) is 0.114. The van der Waals surface area contributed by atoms with Gasteiger partial charge >= 0.3 is 0 Å². The Morgan fingerprint density at radius 3 is 1.66 bits per heavy atom. The van der Waals surface area contributed by atoms with Gasteiger partial charge in [-0.3, -0.25) is 0 Å². The number of rotatable bonds is 12. The molecule has 3 heterocycles.